The van der Waals surface area contributed by atoms with Crippen LogP contribution in [-0.4, -0.2) is 28.9 Å². The van der Waals surface area contributed by atoms with Gasteiger partial charge in [-0.05, 0) is 26.2 Å². The lowest BCUT2D eigenvalue weighted by atomic mass is 9.86. The third-order valence-corrected chi connectivity index (χ3v) is 4.18. The highest BCUT2D eigenvalue weighted by Crippen LogP contribution is 2.28. The van der Waals surface area contributed by atoms with Crippen LogP contribution in [0.15, 0.2) is 0 Å². The van der Waals surface area contributed by atoms with Gasteiger partial charge in [0.1, 0.15) is 5.54 Å². The first-order valence-corrected chi connectivity index (χ1v) is 6.65. The monoisotopic (exact) mass is 238 g/mol. The van der Waals surface area contributed by atoms with Crippen molar-refractivity contribution in [2.75, 3.05) is 6.54 Å². The lowest BCUT2D eigenvalue weighted by Crippen LogP contribution is -2.45. The molecule has 1 heterocycles. The number of hydrogen-bond acceptors (Lipinski definition) is 2. The Bertz CT molecular complexity index is 319. The van der Waals surface area contributed by atoms with Gasteiger partial charge in [-0.1, -0.05) is 32.1 Å². The second-order valence-corrected chi connectivity index (χ2v) is 5.76. The van der Waals surface area contributed by atoms with E-state index in [2.05, 4.69) is 5.32 Å². The summed E-state index contributed by atoms with van der Waals surface area (Å²) in [6, 6.07) is -0.226. The van der Waals surface area contributed by atoms with Gasteiger partial charge in [-0.15, -0.1) is 0 Å². The molecule has 1 saturated carbocycles. The van der Waals surface area contributed by atoms with E-state index in [0.29, 0.717) is 6.54 Å². The van der Waals surface area contributed by atoms with Crippen molar-refractivity contribution in [1.82, 2.24) is 10.2 Å². The summed E-state index contributed by atoms with van der Waals surface area (Å²) in [7, 11) is 0. The number of nitrogens with one attached hydrogen (secondary N) is 1. The van der Waals surface area contributed by atoms with Crippen LogP contribution in [0.5, 0.6) is 0 Å². The lowest BCUT2D eigenvalue weighted by Gasteiger charge is -2.30. The molecule has 1 N–H and O–H groups in total. The van der Waals surface area contributed by atoms with Gasteiger partial charge < -0.3 is 4.90 Å². The lowest BCUT2D eigenvalue weighted by molar-refractivity contribution is -0.125. The number of imide groups is 1. The Hall–Kier alpha value is -1.06. The van der Waals surface area contributed by atoms with Crippen LogP contribution in [0.3, 0.4) is 0 Å². The maximum Gasteiger partial charge on any atom is 0.324 e. The van der Waals surface area contributed by atoms with Crippen molar-refractivity contribution in [3.05, 3.63) is 0 Å². The van der Waals surface area contributed by atoms with Crippen molar-refractivity contribution in [3.8, 4) is 0 Å². The molecular weight excluding hydrogens is 216 g/mol. The number of urea groups is 1. The van der Waals surface area contributed by atoms with Crippen LogP contribution in [0.4, 0.5) is 4.79 Å². The number of amides is 3. The average Bonchev–Trinajstić information content (AvgIpc) is 2.48. The van der Waals surface area contributed by atoms with Crippen molar-refractivity contribution in [2.24, 2.45) is 5.92 Å². The van der Waals surface area contributed by atoms with Crippen LogP contribution < -0.4 is 5.32 Å². The van der Waals surface area contributed by atoms with Crippen LogP contribution in [0, 0.1) is 5.92 Å². The van der Waals surface area contributed by atoms with Gasteiger partial charge in [-0.2, -0.15) is 0 Å². The standard InChI is InChI=1S/C13H22N2O2/c1-13(2)11(16)14-12(17)15(13)9-8-10-6-4-3-5-7-10/h10H,3-9H2,1-2H3,(H,14,16,17). The zero-order valence-electron chi connectivity index (χ0n) is 10.8. The summed E-state index contributed by atoms with van der Waals surface area (Å²) in [6.07, 6.45) is 7.58. The highest BCUT2D eigenvalue weighted by atomic mass is 16.2. The molecule has 0 aromatic carbocycles. The minimum Gasteiger partial charge on any atom is -0.310 e. The maximum atomic E-state index is 11.7. The SMILES string of the molecule is CC1(C)C(=O)NC(=O)N1CCC1CCCCC1. The van der Waals surface area contributed by atoms with Crippen molar-refractivity contribution < 1.29 is 9.59 Å². The third kappa shape index (κ3) is 2.45. The quantitative estimate of drug-likeness (QED) is 0.767. The molecule has 1 aliphatic carbocycles. The summed E-state index contributed by atoms with van der Waals surface area (Å²) < 4.78 is 0. The fourth-order valence-electron chi connectivity index (χ4n) is 2.86. The average molecular weight is 238 g/mol. The van der Waals surface area contributed by atoms with E-state index in [-0.39, 0.29) is 11.9 Å². The van der Waals surface area contributed by atoms with Crippen LogP contribution in [0.1, 0.15) is 52.4 Å². The van der Waals surface area contributed by atoms with Crippen molar-refractivity contribution in [1.29, 1.82) is 0 Å². The van der Waals surface area contributed by atoms with Crippen molar-refractivity contribution >= 4 is 11.9 Å². The summed E-state index contributed by atoms with van der Waals surface area (Å²) in [5, 5.41) is 2.39. The van der Waals surface area contributed by atoms with Gasteiger partial charge in [-0.3, -0.25) is 10.1 Å². The predicted octanol–water partition coefficient (Wildman–Crippen LogP) is 2.29. The van der Waals surface area contributed by atoms with E-state index >= 15 is 0 Å². The predicted molar refractivity (Wildman–Crippen MR) is 65.5 cm³/mol. The Morgan fingerprint density at radius 2 is 1.88 bits per heavy atom. The molecule has 2 fully saturated rings. The summed E-state index contributed by atoms with van der Waals surface area (Å²) in [6.45, 7) is 4.33. The largest absolute Gasteiger partial charge is 0.324 e. The zero-order valence-corrected chi connectivity index (χ0v) is 10.8. The molecule has 2 rings (SSSR count). The van der Waals surface area contributed by atoms with Crippen LogP contribution >= 0.6 is 0 Å². The van der Waals surface area contributed by atoms with E-state index in [1.807, 2.05) is 13.8 Å². The molecule has 0 atom stereocenters. The van der Waals surface area contributed by atoms with Crippen molar-refractivity contribution in [2.45, 2.75) is 57.9 Å². The molecule has 17 heavy (non-hydrogen) atoms. The Labute approximate surface area is 103 Å². The molecule has 96 valence electrons. The van der Waals surface area contributed by atoms with Gasteiger partial charge in [0.05, 0.1) is 0 Å². The van der Waals surface area contributed by atoms with Gasteiger partial charge in [0.25, 0.3) is 5.91 Å². The fraction of sp³-hybridized carbons (Fsp3) is 0.846. The molecule has 4 heteroatoms. The molecule has 1 saturated heterocycles. The van der Waals surface area contributed by atoms with Crippen LogP contribution in [0.25, 0.3) is 0 Å². The molecule has 0 aromatic heterocycles. The molecule has 4 nitrogen and oxygen atoms in total. The van der Waals surface area contributed by atoms with Gasteiger partial charge in [0, 0.05) is 6.54 Å². The highest BCUT2D eigenvalue weighted by molar-refractivity contribution is 6.06. The molecule has 0 radical (unpaired) electrons. The van der Waals surface area contributed by atoms with E-state index in [4.69, 9.17) is 0 Å². The van der Waals surface area contributed by atoms with E-state index in [0.717, 1.165) is 12.3 Å². The maximum absolute atomic E-state index is 11.7. The van der Waals surface area contributed by atoms with Crippen molar-refractivity contribution in [3.63, 3.8) is 0 Å². The second kappa shape index (κ2) is 4.67. The number of carbonyl (C=O) groups is 2. The second-order valence-electron chi connectivity index (χ2n) is 5.76. The molecule has 0 spiro atoms. The van der Waals surface area contributed by atoms with Gasteiger partial charge >= 0.3 is 6.03 Å². The smallest absolute Gasteiger partial charge is 0.310 e. The zero-order chi connectivity index (χ0) is 12.5. The summed E-state index contributed by atoms with van der Waals surface area (Å²) in [4.78, 5) is 24.9. The first-order valence-electron chi connectivity index (χ1n) is 6.65. The van der Waals surface area contributed by atoms with Crippen LogP contribution in [-0.2, 0) is 4.79 Å². The molecule has 0 unspecified atom stereocenters. The summed E-state index contributed by atoms with van der Waals surface area (Å²) in [5.74, 6) is 0.564. The number of carbonyl (C=O) groups excluding carboxylic acids is 2. The third-order valence-electron chi connectivity index (χ3n) is 4.18. The first kappa shape index (κ1) is 12.4. The molecule has 3 amide bonds. The normalized spacial score (nSPS) is 25.2. The van der Waals surface area contributed by atoms with E-state index in [1.54, 1.807) is 4.90 Å². The molecule has 2 aliphatic rings. The summed E-state index contributed by atoms with van der Waals surface area (Å²) >= 11 is 0. The number of nitrogens with zero attached hydrogens (tertiary/aromatic N) is 1. The van der Waals surface area contributed by atoms with E-state index in [1.165, 1.54) is 32.1 Å². The highest BCUT2D eigenvalue weighted by Gasteiger charge is 2.45. The van der Waals surface area contributed by atoms with E-state index in [9.17, 15) is 9.59 Å². The number of rotatable bonds is 3. The van der Waals surface area contributed by atoms with Gasteiger partial charge in [0.2, 0.25) is 0 Å². The molecule has 0 aromatic rings. The Morgan fingerprint density at radius 1 is 1.24 bits per heavy atom. The Balaban J connectivity index is 1.89. The topological polar surface area (TPSA) is 49.4 Å². The van der Waals surface area contributed by atoms with E-state index < -0.39 is 5.54 Å². The van der Waals surface area contributed by atoms with Crippen LogP contribution in [0.2, 0.25) is 0 Å². The summed E-state index contributed by atoms with van der Waals surface area (Å²) in [5.41, 5.74) is -0.675. The minimum atomic E-state index is -0.675. The van der Waals surface area contributed by atoms with Gasteiger partial charge in [-0.25, -0.2) is 4.79 Å². The Morgan fingerprint density at radius 3 is 2.41 bits per heavy atom. The Kier molecular flexibility index (Phi) is 3.40. The van der Waals surface area contributed by atoms with Gasteiger partial charge in [0.15, 0.2) is 0 Å². The molecular formula is C13H22N2O2. The fourth-order valence-corrected chi connectivity index (χ4v) is 2.86. The molecule has 1 aliphatic heterocycles. The number of hydrogen-bond donors (Lipinski definition) is 1. The first-order chi connectivity index (χ1) is 8.01. The minimum absolute atomic E-state index is 0.175. The molecule has 0 bridgehead atoms.